The molecule has 1 aromatic carbocycles. The minimum Gasteiger partial charge on any atom is -0.486 e. The van der Waals surface area contributed by atoms with E-state index < -0.39 is 29.2 Å². The molecule has 0 saturated carbocycles. The van der Waals surface area contributed by atoms with Crippen molar-refractivity contribution in [2.24, 2.45) is 5.92 Å². The second-order valence-electron chi connectivity index (χ2n) is 7.59. The molecule has 33 heavy (non-hydrogen) atoms. The first-order valence-corrected chi connectivity index (χ1v) is 10.6. The second kappa shape index (κ2) is 12.6. The molecular formula is C28H28F4O. The number of ether oxygens (including phenoxy) is 1. The fraction of sp³-hybridized carbons (Fsp3) is 0.214. The van der Waals surface area contributed by atoms with E-state index in [-0.39, 0.29) is 17.9 Å². The minimum atomic E-state index is -0.999. The van der Waals surface area contributed by atoms with Crippen LogP contribution in [0.4, 0.5) is 17.6 Å². The summed E-state index contributed by atoms with van der Waals surface area (Å²) in [6.07, 6.45) is 11.5. The van der Waals surface area contributed by atoms with Gasteiger partial charge in [-0.15, -0.1) is 0 Å². The van der Waals surface area contributed by atoms with Crippen molar-refractivity contribution in [2.45, 2.75) is 27.2 Å². The van der Waals surface area contributed by atoms with Crippen molar-refractivity contribution in [1.82, 2.24) is 0 Å². The SMILES string of the molecule is C=C(\C=C/C(=C\C)C(=C/C=C/c1ccccc1)/C(F)=C(\C)F)COC1=CCC(C)C(F)=C1F. The van der Waals surface area contributed by atoms with Gasteiger partial charge in [0.2, 0.25) is 0 Å². The van der Waals surface area contributed by atoms with Gasteiger partial charge in [-0.3, -0.25) is 0 Å². The molecule has 0 N–H and O–H groups in total. The van der Waals surface area contributed by atoms with Crippen LogP contribution in [0.2, 0.25) is 0 Å². The van der Waals surface area contributed by atoms with Gasteiger partial charge in [-0.25, -0.2) is 17.6 Å². The first kappa shape index (κ1) is 25.9. The molecule has 0 saturated heterocycles. The topological polar surface area (TPSA) is 9.23 Å². The maximum absolute atomic E-state index is 14.6. The van der Waals surface area contributed by atoms with Gasteiger partial charge in [0.25, 0.3) is 0 Å². The van der Waals surface area contributed by atoms with Crippen molar-refractivity contribution < 1.29 is 22.3 Å². The first-order chi connectivity index (χ1) is 15.7. The predicted molar refractivity (Wildman–Crippen MR) is 128 cm³/mol. The first-order valence-electron chi connectivity index (χ1n) is 10.6. The lowest BCUT2D eigenvalue weighted by Crippen LogP contribution is -2.07. The van der Waals surface area contributed by atoms with Crippen LogP contribution in [0.1, 0.15) is 32.8 Å². The van der Waals surface area contributed by atoms with Crippen LogP contribution in [0.25, 0.3) is 6.08 Å². The van der Waals surface area contributed by atoms with Gasteiger partial charge in [0.05, 0.1) is 0 Å². The van der Waals surface area contributed by atoms with Gasteiger partial charge in [0.1, 0.15) is 18.3 Å². The van der Waals surface area contributed by atoms with Crippen LogP contribution in [0.3, 0.4) is 0 Å². The molecule has 1 aliphatic carbocycles. The third-order valence-corrected chi connectivity index (χ3v) is 4.94. The molecule has 1 atom stereocenters. The summed E-state index contributed by atoms with van der Waals surface area (Å²) in [6.45, 7) is 8.09. The van der Waals surface area contributed by atoms with Gasteiger partial charge >= 0.3 is 0 Å². The van der Waals surface area contributed by atoms with E-state index in [4.69, 9.17) is 4.74 Å². The summed E-state index contributed by atoms with van der Waals surface area (Å²) >= 11 is 0. The molecule has 174 valence electrons. The zero-order valence-corrected chi connectivity index (χ0v) is 19.0. The average Bonchev–Trinajstić information content (AvgIpc) is 2.81. The van der Waals surface area contributed by atoms with E-state index in [2.05, 4.69) is 6.58 Å². The van der Waals surface area contributed by atoms with Crippen LogP contribution >= 0.6 is 0 Å². The van der Waals surface area contributed by atoms with E-state index in [0.717, 1.165) is 12.5 Å². The number of hydrogen-bond acceptors (Lipinski definition) is 1. The van der Waals surface area contributed by atoms with Crippen molar-refractivity contribution in [2.75, 3.05) is 6.61 Å². The van der Waals surface area contributed by atoms with E-state index in [9.17, 15) is 17.6 Å². The van der Waals surface area contributed by atoms with Gasteiger partial charge in [-0.2, -0.15) is 0 Å². The van der Waals surface area contributed by atoms with Crippen LogP contribution in [0.5, 0.6) is 0 Å². The smallest absolute Gasteiger partial charge is 0.196 e. The van der Waals surface area contributed by atoms with Gasteiger partial charge in [0, 0.05) is 11.5 Å². The lowest BCUT2D eigenvalue weighted by Gasteiger charge is -2.17. The lowest BCUT2D eigenvalue weighted by molar-refractivity contribution is 0.224. The highest BCUT2D eigenvalue weighted by atomic mass is 19.2. The third-order valence-electron chi connectivity index (χ3n) is 4.94. The van der Waals surface area contributed by atoms with Gasteiger partial charge in [-0.05, 0) is 43.1 Å². The van der Waals surface area contributed by atoms with E-state index in [1.807, 2.05) is 30.3 Å². The Morgan fingerprint density at radius 1 is 1.15 bits per heavy atom. The minimum absolute atomic E-state index is 0.0645. The van der Waals surface area contributed by atoms with Gasteiger partial charge in [-0.1, -0.05) is 80.3 Å². The molecule has 0 amide bonds. The van der Waals surface area contributed by atoms with Crippen molar-refractivity contribution in [3.8, 4) is 0 Å². The summed E-state index contributed by atoms with van der Waals surface area (Å²) in [5.41, 5.74) is 1.85. The zero-order chi connectivity index (χ0) is 24.4. The molecule has 1 aromatic rings. The molecule has 2 rings (SSSR count). The fourth-order valence-electron chi connectivity index (χ4n) is 3.00. The van der Waals surface area contributed by atoms with Crippen LogP contribution in [-0.2, 0) is 4.74 Å². The van der Waals surface area contributed by atoms with Crippen LogP contribution < -0.4 is 0 Å². The third kappa shape index (κ3) is 7.63. The summed E-state index contributed by atoms with van der Waals surface area (Å²) in [5, 5.41) is 0. The number of benzene rings is 1. The number of allylic oxidation sites excluding steroid dienone is 11. The highest BCUT2D eigenvalue weighted by Gasteiger charge is 2.23. The van der Waals surface area contributed by atoms with E-state index >= 15 is 0 Å². The van der Waals surface area contributed by atoms with Gasteiger partial charge < -0.3 is 4.74 Å². The van der Waals surface area contributed by atoms with E-state index in [1.54, 1.807) is 44.2 Å². The average molecular weight is 457 g/mol. The molecule has 0 spiro atoms. The summed E-state index contributed by atoms with van der Waals surface area (Å²) in [5.74, 6) is -4.41. The summed E-state index contributed by atoms with van der Waals surface area (Å²) in [4.78, 5) is 0. The summed E-state index contributed by atoms with van der Waals surface area (Å²) < 4.78 is 61.3. The van der Waals surface area contributed by atoms with Crippen molar-refractivity contribution >= 4 is 6.08 Å². The molecular weight excluding hydrogens is 428 g/mol. The Kier molecular flexibility index (Phi) is 9.92. The lowest BCUT2D eigenvalue weighted by atomic mass is 10.0. The van der Waals surface area contributed by atoms with Crippen molar-refractivity contribution in [1.29, 1.82) is 0 Å². The van der Waals surface area contributed by atoms with Gasteiger partial charge in [0.15, 0.2) is 17.4 Å². The molecule has 0 aliphatic heterocycles. The fourth-order valence-corrected chi connectivity index (χ4v) is 3.00. The molecule has 5 heteroatoms. The van der Waals surface area contributed by atoms with Crippen LogP contribution in [0.15, 0.2) is 119 Å². The second-order valence-corrected chi connectivity index (χ2v) is 7.59. The Balaban J connectivity index is 2.14. The Morgan fingerprint density at radius 3 is 2.48 bits per heavy atom. The highest BCUT2D eigenvalue weighted by Crippen LogP contribution is 2.32. The summed E-state index contributed by atoms with van der Waals surface area (Å²) in [7, 11) is 0. The Labute approximate surface area is 193 Å². The predicted octanol–water partition coefficient (Wildman–Crippen LogP) is 8.95. The molecule has 0 radical (unpaired) electrons. The number of halogens is 4. The quantitative estimate of drug-likeness (QED) is 0.266. The Bertz CT molecular complexity index is 1060. The molecule has 0 bridgehead atoms. The van der Waals surface area contributed by atoms with Crippen molar-refractivity contribution in [3.63, 3.8) is 0 Å². The van der Waals surface area contributed by atoms with Crippen LogP contribution in [0, 0.1) is 5.92 Å². The number of rotatable bonds is 9. The van der Waals surface area contributed by atoms with Crippen molar-refractivity contribution in [3.05, 3.63) is 125 Å². The largest absolute Gasteiger partial charge is 0.486 e. The highest BCUT2D eigenvalue weighted by molar-refractivity contribution is 5.56. The monoisotopic (exact) mass is 456 g/mol. The zero-order valence-electron chi connectivity index (χ0n) is 19.0. The molecule has 0 heterocycles. The molecule has 1 aliphatic rings. The van der Waals surface area contributed by atoms with E-state index in [0.29, 0.717) is 17.6 Å². The standard InChI is InChI=1S/C28H28F4O/c1-5-23(16-14-19(2)18-33-25-17-15-20(3)26(30)28(25)32)24(27(31)21(4)29)13-9-12-22-10-7-6-8-11-22/h5-14,16-17,20H,2,15,18H2,1,3-4H3/b12-9+,16-14-,23-5+,24-13-,27-21-. The maximum atomic E-state index is 14.6. The summed E-state index contributed by atoms with van der Waals surface area (Å²) in [6, 6.07) is 9.43. The normalized spacial score (nSPS) is 18.6. The number of hydrogen-bond donors (Lipinski definition) is 0. The maximum Gasteiger partial charge on any atom is 0.196 e. The Hall–Kier alpha value is -3.34. The molecule has 0 aromatic heterocycles. The molecule has 1 unspecified atom stereocenters. The van der Waals surface area contributed by atoms with Crippen LogP contribution in [-0.4, -0.2) is 6.61 Å². The molecule has 0 fully saturated rings. The van der Waals surface area contributed by atoms with E-state index in [1.165, 1.54) is 12.2 Å². The Morgan fingerprint density at radius 2 is 1.85 bits per heavy atom. The molecule has 1 nitrogen and oxygen atoms in total.